The zero-order chi connectivity index (χ0) is 29.2. The molecule has 1 aliphatic rings. The Morgan fingerprint density at radius 3 is 2.15 bits per heavy atom. The van der Waals surface area contributed by atoms with Crippen LogP contribution in [0.15, 0.2) is 83.4 Å². The fourth-order valence-electron chi connectivity index (χ4n) is 5.23. The van der Waals surface area contributed by atoms with Gasteiger partial charge < -0.3 is 14.7 Å². The Labute approximate surface area is 235 Å². The van der Waals surface area contributed by atoms with Gasteiger partial charge in [0.1, 0.15) is 0 Å². The second kappa shape index (κ2) is 11.2. The van der Waals surface area contributed by atoms with E-state index < -0.39 is 23.2 Å². The monoisotopic (exact) mass is 562 g/mol. The molecule has 4 aromatic rings. The lowest BCUT2D eigenvalue weighted by molar-refractivity contribution is -0.137. The average molecular weight is 563 g/mol. The van der Waals surface area contributed by atoms with E-state index in [1.165, 1.54) is 12.1 Å². The topological polar surface area (TPSA) is 88.3 Å². The van der Waals surface area contributed by atoms with Crippen LogP contribution in [0.25, 0.3) is 11.5 Å². The third kappa shape index (κ3) is 5.86. The van der Waals surface area contributed by atoms with Crippen molar-refractivity contribution >= 4 is 11.8 Å². The van der Waals surface area contributed by atoms with E-state index in [-0.39, 0.29) is 11.8 Å². The van der Waals surface area contributed by atoms with Crippen LogP contribution < -0.4 is 5.32 Å². The van der Waals surface area contributed by atoms with Gasteiger partial charge in [0, 0.05) is 24.2 Å². The van der Waals surface area contributed by atoms with Gasteiger partial charge in [-0.25, -0.2) is 0 Å². The number of alkyl halides is 3. The third-order valence-corrected chi connectivity index (χ3v) is 7.66. The molecule has 1 fully saturated rings. The number of benzene rings is 3. The summed E-state index contributed by atoms with van der Waals surface area (Å²) in [6.45, 7) is 4.20. The van der Waals surface area contributed by atoms with E-state index in [1.807, 2.05) is 30.3 Å². The van der Waals surface area contributed by atoms with Gasteiger partial charge in [-0.3, -0.25) is 9.59 Å². The van der Waals surface area contributed by atoms with E-state index >= 15 is 0 Å². The number of rotatable bonds is 6. The van der Waals surface area contributed by atoms with Crippen LogP contribution in [0.2, 0.25) is 0 Å². The molecule has 0 aliphatic carbocycles. The zero-order valence-corrected chi connectivity index (χ0v) is 22.6. The first-order chi connectivity index (χ1) is 19.6. The molecule has 5 rings (SSSR count). The van der Waals surface area contributed by atoms with Crippen molar-refractivity contribution in [3.63, 3.8) is 0 Å². The molecule has 2 heterocycles. The summed E-state index contributed by atoms with van der Waals surface area (Å²) in [7, 11) is 0. The second-order valence-corrected chi connectivity index (χ2v) is 10.3. The van der Waals surface area contributed by atoms with E-state index in [9.17, 15) is 22.8 Å². The lowest BCUT2D eigenvalue weighted by Crippen LogP contribution is -2.53. The number of piperidine rings is 1. The summed E-state index contributed by atoms with van der Waals surface area (Å²) in [5, 5.41) is 6.81. The Bertz CT molecular complexity index is 1510. The standard InChI is InChI=1S/C31H29F3N4O3/c1-20(22-12-14-26(15-13-22)31(32,33)34)35-29(40)30(25-6-4-3-5-7-25)16-18-38(19-17-30)28(39)24-10-8-23(9-11-24)27-36-21(2)37-41-27/h3-15,20H,16-19H2,1-2H3,(H,35,40)/t20-/m0/s1. The number of aromatic nitrogens is 2. The number of carbonyl (C=O) groups excluding carboxylic acids is 2. The van der Waals surface area contributed by atoms with Crippen molar-refractivity contribution in [2.24, 2.45) is 0 Å². The molecule has 0 saturated carbocycles. The third-order valence-electron chi connectivity index (χ3n) is 7.66. The molecule has 1 atom stereocenters. The molecule has 212 valence electrons. The summed E-state index contributed by atoms with van der Waals surface area (Å²) in [5.74, 6) is 0.540. The first-order valence-corrected chi connectivity index (χ1v) is 13.3. The van der Waals surface area contributed by atoms with Crippen LogP contribution in [0.4, 0.5) is 13.2 Å². The van der Waals surface area contributed by atoms with Crippen LogP contribution in [0.3, 0.4) is 0 Å². The molecular formula is C31H29F3N4O3. The van der Waals surface area contributed by atoms with Crippen molar-refractivity contribution in [2.45, 2.75) is 44.3 Å². The quantitative estimate of drug-likeness (QED) is 0.306. The minimum absolute atomic E-state index is 0.140. The van der Waals surface area contributed by atoms with E-state index in [4.69, 9.17) is 4.52 Å². The first-order valence-electron chi connectivity index (χ1n) is 13.3. The second-order valence-electron chi connectivity index (χ2n) is 10.3. The summed E-state index contributed by atoms with van der Waals surface area (Å²) < 4.78 is 44.2. The number of nitrogens with one attached hydrogen (secondary N) is 1. The molecule has 3 aromatic carbocycles. The SMILES string of the molecule is Cc1noc(-c2ccc(C(=O)N3CCC(C(=O)N[C@@H](C)c4ccc(C(F)(F)F)cc4)(c4ccccc4)CC3)cc2)n1. The van der Waals surface area contributed by atoms with Crippen LogP contribution in [0.1, 0.15) is 58.7 Å². The maximum Gasteiger partial charge on any atom is 0.416 e. The number of amides is 2. The minimum Gasteiger partial charge on any atom is -0.349 e. The Morgan fingerprint density at radius 1 is 0.951 bits per heavy atom. The van der Waals surface area contributed by atoms with Gasteiger partial charge >= 0.3 is 6.18 Å². The molecule has 0 radical (unpaired) electrons. The van der Waals surface area contributed by atoms with Gasteiger partial charge in [0.05, 0.1) is 17.0 Å². The van der Waals surface area contributed by atoms with Crippen LogP contribution in [-0.4, -0.2) is 39.9 Å². The molecule has 1 saturated heterocycles. The highest BCUT2D eigenvalue weighted by Crippen LogP contribution is 2.37. The normalized spacial score (nSPS) is 15.8. The Hall–Kier alpha value is -4.47. The van der Waals surface area contributed by atoms with Crippen molar-refractivity contribution in [1.82, 2.24) is 20.4 Å². The maximum atomic E-state index is 13.8. The molecule has 7 nitrogen and oxygen atoms in total. The summed E-state index contributed by atoms with van der Waals surface area (Å²) >= 11 is 0. The summed E-state index contributed by atoms with van der Waals surface area (Å²) in [6.07, 6.45) is -3.63. The van der Waals surface area contributed by atoms with E-state index in [2.05, 4.69) is 15.5 Å². The highest BCUT2D eigenvalue weighted by Gasteiger charge is 2.44. The van der Waals surface area contributed by atoms with Gasteiger partial charge in [0.15, 0.2) is 5.82 Å². The predicted octanol–water partition coefficient (Wildman–Crippen LogP) is 6.12. The van der Waals surface area contributed by atoms with Crippen molar-refractivity contribution in [1.29, 1.82) is 0 Å². The number of hydrogen-bond acceptors (Lipinski definition) is 5. The van der Waals surface area contributed by atoms with Gasteiger partial charge in [0.2, 0.25) is 5.91 Å². The van der Waals surface area contributed by atoms with Crippen molar-refractivity contribution < 1.29 is 27.3 Å². The minimum atomic E-state index is -4.43. The van der Waals surface area contributed by atoms with E-state index in [1.54, 1.807) is 43.0 Å². The van der Waals surface area contributed by atoms with Crippen molar-refractivity contribution in [3.8, 4) is 11.5 Å². The Balaban J connectivity index is 1.30. The smallest absolute Gasteiger partial charge is 0.349 e. The van der Waals surface area contributed by atoms with Gasteiger partial charge in [-0.1, -0.05) is 47.6 Å². The molecule has 1 aliphatic heterocycles. The largest absolute Gasteiger partial charge is 0.416 e. The zero-order valence-electron chi connectivity index (χ0n) is 22.6. The number of likely N-dealkylation sites (tertiary alicyclic amines) is 1. The summed E-state index contributed by atoms with van der Waals surface area (Å²) in [5.41, 5.74) is 1.000. The van der Waals surface area contributed by atoms with Gasteiger partial charge in [-0.15, -0.1) is 0 Å². The fraction of sp³-hybridized carbons (Fsp3) is 0.290. The molecule has 41 heavy (non-hydrogen) atoms. The highest BCUT2D eigenvalue weighted by atomic mass is 19.4. The van der Waals surface area contributed by atoms with Gasteiger partial charge in [-0.05, 0) is 74.2 Å². The molecule has 0 unspecified atom stereocenters. The number of aryl methyl sites for hydroxylation is 1. The predicted molar refractivity (Wildman–Crippen MR) is 146 cm³/mol. The Morgan fingerprint density at radius 2 is 1.59 bits per heavy atom. The molecule has 1 N–H and O–H groups in total. The molecule has 2 amide bonds. The maximum absolute atomic E-state index is 13.8. The molecular weight excluding hydrogens is 533 g/mol. The summed E-state index contributed by atoms with van der Waals surface area (Å²) in [4.78, 5) is 33.1. The molecule has 10 heteroatoms. The first kappa shape index (κ1) is 28.1. The highest BCUT2D eigenvalue weighted by molar-refractivity contribution is 5.95. The van der Waals surface area contributed by atoms with Crippen molar-refractivity contribution in [3.05, 3.63) is 107 Å². The van der Waals surface area contributed by atoms with Crippen LogP contribution in [0, 0.1) is 6.92 Å². The average Bonchev–Trinajstić information content (AvgIpc) is 3.43. The number of carbonyl (C=O) groups is 2. The van der Waals surface area contributed by atoms with E-state index in [0.717, 1.165) is 17.7 Å². The van der Waals surface area contributed by atoms with Gasteiger partial charge in [0.25, 0.3) is 11.8 Å². The Kier molecular flexibility index (Phi) is 7.66. The fourth-order valence-corrected chi connectivity index (χ4v) is 5.23. The lowest BCUT2D eigenvalue weighted by Gasteiger charge is -2.41. The van der Waals surface area contributed by atoms with Crippen LogP contribution in [-0.2, 0) is 16.4 Å². The van der Waals surface area contributed by atoms with Crippen LogP contribution in [0.5, 0.6) is 0 Å². The molecule has 0 bridgehead atoms. The van der Waals surface area contributed by atoms with Crippen LogP contribution >= 0.6 is 0 Å². The van der Waals surface area contributed by atoms with Gasteiger partial charge in [-0.2, -0.15) is 18.2 Å². The van der Waals surface area contributed by atoms with E-state index in [0.29, 0.717) is 54.3 Å². The summed E-state index contributed by atoms with van der Waals surface area (Å²) in [6, 6.07) is 20.7. The number of hydrogen-bond donors (Lipinski definition) is 1. The van der Waals surface area contributed by atoms with Crippen molar-refractivity contribution in [2.75, 3.05) is 13.1 Å². The number of halogens is 3. The lowest BCUT2D eigenvalue weighted by atomic mass is 9.71. The molecule has 1 aromatic heterocycles. The molecule has 0 spiro atoms. The number of nitrogens with zero attached hydrogens (tertiary/aromatic N) is 3.